The smallest absolute Gasteiger partial charge is 0.391 e. The van der Waals surface area contributed by atoms with Crippen LogP contribution in [-0.2, 0) is 13.6 Å². The van der Waals surface area contributed by atoms with E-state index in [-0.39, 0.29) is 6.61 Å². The molecule has 0 radical (unpaired) electrons. The fourth-order valence-electron chi connectivity index (χ4n) is 0.817. The van der Waals surface area contributed by atoms with E-state index in [1.807, 2.05) is 0 Å². The third-order valence-electron chi connectivity index (χ3n) is 1.28. The lowest BCUT2D eigenvalue weighted by Crippen LogP contribution is -2.21. The van der Waals surface area contributed by atoms with E-state index in [4.69, 9.17) is 0 Å². The highest BCUT2D eigenvalue weighted by Crippen LogP contribution is 2.41. The van der Waals surface area contributed by atoms with E-state index in [9.17, 15) is 22.6 Å². The predicted molar refractivity (Wildman–Crippen MR) is 45.1 cm³/mol. The van der Waals surface area contributed by atoms with Crippen molar-refractivity contribution in [3.63, 3.8) is 0 Å². The van der Waals surface area contributed by atoms with Gasteiger partial charge in [-0.25, -0.2) is 0 Å². The number of hydrogen-bond acceptors (Lipinski definition) is 4. The van der Waals surface area contributed by atoms with Crippen molar-refractivity contribution in [3.8, 4) is 0 Å². The Bertz CT molecular complexity index is 231. The van der Waals surface area contributed by atoms with E-state index in [1.165, 1.54) is 0 Å². The molecule has 0 saturated carbocycles. The summed E-state index contributed by atoms with van der Waals surface area (Å²) in [5.74, 6) is 0. The molecule has 0 rings (SSSR count). The number of hydrogen-bond donors (Lipinski definition) is 0. The minimum atomic E-state index is -4.60. The van der Waals surface area contributed by atoms with Gasteiger partial charge < -0.3 is 13.9 Å². The summed E-state index contributed by atoms with van der Waals surface area (Å²) >= 11 is 0. The van der Waals surface area contributed by atoms with Crippen LogP contribution in [0, 0.1) is 0 Å². The zero-order valence-corrected chi connectivity index (χ0v) is 9.31. The van der Waals surface area contributed by atoms with Crippen molar-refractivity contribution < 1.29 is 31.7 Å². The molecule has 0 aromatic carbocycles. The predicted octanol–water partition coefficient (Wildman–Crippen LogP) is 2.24. The number of phosphoric ester groups is 1. The van der Waals surface area contributed by atoms with Gasteiger partial charge in [0.05, 0.1) is 19.1 Å². The van der Waals surface area contributed by atoms with Crippen molar-refractivity contribution in [1.82, 2.24) is 0 Å². The van der Waals surface area contributed by atoms with Gasteiger partial charge in [0.2, 0.25) is 0 Å². The highest BCUT2D eigenvalue weighted by molar-refractivity contribution is 7.45. The third kappa shape index (κ3) is 8.87. The number of phosphoric acid groups is 1. The van der Waals surface area contributed by atoms with Crippen LogP contribution in [0.5, 0.6) is 0 Å². The topological polar surface area (TPSA) is 58.6 Å². The van der Waals surface area contributed by atoms with Gasteiger partial charge in [0.25, 0.3) is 7.82 Å². The summed E-state index contributed by atoms with van der Waals surface area (Å²) in [5, 5.41) is 0. The molecule has 0 aromatic rings. The second kappa shape index (κ2) is 5.84. The van der Waals surface area contributed by atoms with Crippen molar-refractivity contribution in [2.24, 2.45) is 0 Å². The Kier molecular flexibility index (Phi) is 5.80. The molecule has 0 N–H and O–H groups in total. The van der Waals surface area contributed by atoms with Crippen LogP contribution in [0.3, 0.4) is 0 Å². The van der Waals surface area contributed by atoms with E-state index < -0.39 is 26.5 Å². The second-order valence-electron chi connectivity index (χ2n) is 3.02. The van der Waals surface area contributed by atoms with Crippen molar-refractivity contribution in [3.05, 3.63) is 0 Å². The van der Waals surface area contributed by atoms with E-state index in [1.54, 1.807) is 6.92 Å². The highest BCUT2D eigenvalue weighted by Gasteiger charge is 2.32. The lowest BCUT2D eigenvalue weighted by molar-refractivity contribution is -0.233. The van der Waals surface area contributed by atoms with Crippen molar-refractivity contribution >= 4 is 7.82 Å². The Morgan fingerprint density at radius 3 is 2.40 bits per heavy atom. The van der Waals surface area contributed by atoms with Crippen LogP contribution >= 0.6 is 7.82 Å². The Labute approximate surface area is 86.0 Å². The number of halogens is 3. The van der Waals surface area contributed by atoms with E-state index in [2.05, 4.69) is 9.05 Å². The van der Waals surface area contributed by atoms with Crippen LogP contribution in [0.25, 0.3) is 0 Å². The largest absolute Gasteiger partial charge is 0.756 e. The summed E-state index contributed by atoms with van der Waals surface area (Å²) in [6.45, 7) is 2.59. The molecular formula is C7H13F3O4P-. The quantitative estimate of drug-likeness (QED) is 0.677. The van der Waals surface area contributed by atoms with E-state index >= 15 is 0 Å². The van der Waals surface area contributed by atoms with Gasteiger partial charge in [0.1, 0.15) is 0 Å². The van der Waals surface area contributed by atoms with Gasteiger partial charge in [0, 0.05) is 0 Å². The molecule has 2 atom stereocenters. The third-order valence-corrected chi connectivity index (χ3v) is 2.40. The highest BCUT2D eigenvalue weighted by atomic mass is 31.2. The van der Waals surface area contributed by atoms with Crippen molar-refractivity contribution in [2.45, 2.75) is 39.0 Å². The standard InChI is InChI=1S/C7H14F3O4P/c1-3-4-13-15(11,12)14-6(2)5-7(8,9)10/h6H,3-5H2,1-2H3,(H,11,12)/p-1. The first-order chi connectivity index (χ1) is 6.66. The second-order valence-corrected chi connectivity index (χ2v) is 4.38. The maximum absolute atomic E-state index is 11.8. The SMILES string of the molecule is CCCOP(=O)([O-])OC(C)CC(F)(F)F. The van der Waals surface area contributed by atoms with Crippen LogP contribution in [0.15, 0.2) is 0 Å². The molecular weight excluding hydrogens is 236 g/mol. The molecule has 0 bridgehead atoms. The Hall–Kier alpha value is -0.100. The first-order valence-corrected chi connectivity index (χ1v) is 5.83. The Morgan fingerprint density at radius 2 is 2.00 bits per heavy atom. The Balaban J connectivity index is 4.04. The van der Waals surface area contributed by atoms with Gasteiger partial charge in [0.15, 0.2) is 0 Å². The minimum absolute atomic E-state index is 0.0977. The number of alkyl halides is 3. The Morgan fingerprint density at radius 1 is 1.47 bits per heavy atom. The summed E-state index contributed by atoms with van der Waals surface area (Å²) in [6.07, 6.45) is -6.81. The normalized spacial score (nSPS) is 18.5. The molecule has 8 heteroatoms. The molecule has 4 nitrogen and oxygen atoms in total. The molecule has 0 heterocycles. The molecule has 0 aromatic heterocycles. The minimum Gasteiger partial charge on any atom is -0.756 e. The lowest BCUT2D eigenvalue weighted by Gasteiger charge is -2.26. The van der Waals surface area contributed by atoms with Crippen molar-refractivity contribution in [2.75, 3.05) is 6.61 Å². The van der Waals surface area contributed by atoms with Gasteiger partial charge in [-0.2, -0.15) is 13.2 Å². The van der Waals surface area contributed by atoms with Gasteiger partial charge in [-0.3, -0.25) is 4.57 Å². The molecule has 2 unspecified atom stereocenters. The molecule has 15 heavy (non-hydrogen) atoms. The van der Waals surface area contributed by atoms with Crippen LogP contribution < -0.4 is 4.89 Å². The fourth-order valence-corrected chi connectivity index (χ4v) is 1.80. The van der Waals surface area contributed by atoms with E-state index in [0.717, 1.165) is 6.92 Å². The molecule has 0 aliphatic rings. The number of rotatable bonds is 6. The fraction of sp³-hybridized carbons (Fsp3) is 1.00. The average molecular weight is 249 g/mol. The summed E-state index contributed by atoms with van der Waals surface area (Å²) in [6, 6.07) is 0. The van der Waals surface area contributed by atoms with Gasteiger partial charge >= 0.3 is 6.18 Å². The first-order valence-electron chi connectivity index (χ1n) is 4.37. The van der Waals surface area contributed by atoms with Gasteiger partial charge in [-0.1, -0.05) is 6.92 Å². The van der Waals surface area contributed by atoms with E-state index in [0.29, 0.717) is 6.42 Å². The lowest BCUT2D eigenvalue weighted by atomic mass is 10.3. The van der Waals surface area contributed by atoms with Crippen LogP contribution in [-0.4, -0.2) is 18.9 Å². The van der Waals surface area contributed by atoms with Gasteiger partial charge in [-0.05, 0) is 13.3 Å². The first kappa shape index (κ1) is 14.9. The maximum atomic E-state index is 11.8. The molecule has 0 fully saturated rings. The molecule has 0 aliphatic heterocycles. The summed E-state index contributed by atoms with van der Waals surface area (Å²) in [4.78, 5) is 10.9. The van der Waals surface area contributed by atoms with Gasteiger partial charge in [-0.15, -0.1) is 0 Å². The zero-order chi connectivity index (χ0) is 12.1. The monoisotopic (exact) mass is 249 g/mol. The molecule has 92 valence electrons. The van der Waals surface area contributed by atoms with Crippen LogP contribution in [0.1, 0.15) is 26.7 Å². The molecule has 0 saturated heterocycles. The molecule has 0 amide bonds. The molecule has 0 aliphatic carbocycles. The van der Waals surface area contributed by atoms with Crippen molar-refractivity contribution in [1.29, 1.82) is 0 Å². The average Bonchev–Trinajstić information content (AvgIpc) is 1.95. The summed E-state index contributed by atoms with van der Waals surface area (Å²) < 4.78 is 54.8. The van der Waals surface area contributed by atoms with Crippen LogP contribution in [0.2, 0.25) is 0 Å². The summed E-state index contributed by atoms with van der Waals surface area (Å²) in [5.41, 5.74) is 0. The molecule has 0 spiro atoms. The summed E-state index contributed by atoms with van der Waals surface area (Å²) in [7, 11) is -4.60. The van der Waals surface area contributed by atoms with Crippen LogP contribution in [0.4, 0.5) is 13.2 Å². The zero-order valence-electron chi connectivity index (χ0n) is 8.41. The maximum Gasteiger partial charge on any atom is 0.391 e.